The molecule has 2 aliphatic rings. The first kappa shape index (κ1) is 14.3. The lowest BCUT2D eigenvalue weighted by atomic mass is 9.94. The number of piperazine rings is 1. The SMILES string of the molecule is Fc1ccc(N2CCN(C3=Cc4ccccc4CC3)CC2)cc1. The topological polar surface area (TPSA) is 6.48 Å². The molecule has 0 bridgehead atoms. The van der Waals surface area contributed by atoms with Gasteiger partial charge in [0.25, 0.3) is 0 Å². The summed E-state index contributed by atoms with van der Waals surface area (Å²) < 4.78 is 13.0. The van der Waals surface area contributed by atoms with Crippen LogP contribution in [0.15, 0.2) is 54.2 Å². The number of anilines is 1. The van der Waals surface area contributed by atoms with Crippen molar-refractivity contribution >= 4 is 11.8 Å². The fourth-order valence-corrected chi connectivity index (χ4v) is 3.57. The van der Waals surface area contributed by atoms with E-state index >= 15 is 0 Å². The lowest BCUT2D eigenvalue weighted by Crippen LogP contribution is -2.46. The molecule has 1 aliphatic carbocycles. The van der Waals surface area contributed by atoms with E-state index in [2.05, 4.69) is 40.1 Å². The lowest BCUT2D eigenvalue weighted by Gasteiger charge is -2.39. The summed E-state index contributed by atoms with van der Waals surface area (Å²) in [6.45, 7) is 4.05. The summed E-state index contributed by atoms with van der Waals surface area (Å²) in [5, 5.41) is 0. The molecule has 0 amide bonds. The molecule has 4 rings (SSSR count). The molecule has 1 heterocycles. The van der Waals surface area contributed by atoms with Gasteiger partial charge in [-0.15, -0.1) is 0 Å². The molecule has 3 heteroatoms. The van der Waals surface area contributed by atoms with Gasteiger partial charge in [-0.1, -0.05) is 24.3 Å². The second-order valence-corrected chi connectivity index (χ2v) is 6.29. The van der Waals surface area contributed by atoms with E-state index in [1.165, 1.54) is 16.8 Å². The van der Waals surface area contributed by atoms with Gasteiger partial charge in [0.15, 0.2) is 0 Å². The fraction of sp³-hybridized carbons (Fsp3) is 0.300. The maximum absolute atomic E-state index is 13.0. The summed E-state index contributed by atoms with van der Waals surface area (Å²) in [5.41, 5.74) is 5.41. The Morgan fingerprint density at radius 3 is 2.22 bits per heavy atom. The molecule has 2 aromatic rings. The molecule has 118 valence electrons. The number of halogens is 1. The van der Waals surface area contributed by atoms with Crippen molar-refractivity contribution in [2.45, 2.75) is 12.8 Å². The first-order valence-corrected chi connectivity index (χ1v) is 8.33. The lowest BCUT2D eigenvalue weighted by molar-refractivity contribution is 0.313. The molecule has 0 unspecified atom stereocenters. The maximum Gasteiger partial charge on any atom is 0.123 e. The Labute approximate surface area is 136 Å². The number of aryl methyl sites for hydroxylation is 1. The zero-order valence-electron chi connectivity index (χ0n) is 13.2. The normalized spacial score (nSPS) is 17.7. The van der Waals surface area contributed by atoms with E-state index in [0.717, 1.165) is 44.7 Å². The standard InChI is InChI=1S/C20H21FN2/c21-18-6-9-19(10-7-18)22-11-13-23(14-12-22)20-8-5-16-3-1-2-4-17(16)15-20/h1-4,6-7,9-10,15H,5,8,11-14H2. The fourth-order valence-electron chi connectivity index (χ4n) is 3.57. The van der Waals surface area contributed by atoms with Gasteiger partial charge in [-0.25, -0.2) is 4.39 Å². The van der Waals surface area contributed by atoms with Crippen molar-refractivity contribution in [3.63, 3.8) is 0 Å². The molecular weight excluding hydrogens is 287 g/mol. The highest BCUT2D eigenvalue weighted by Gasteiger charge is 2.21. The summed E-state index contributed by atoms with van der Waals surface area (Å²) in [4.78, 5) is 4.85. The Hall–Kier alpha value is -2.29. The summed E-state index contributed by atoms with van der Waals surface area (Å²) in [6, 6.07) is 15.5. The van der Waals surface area contributed by atoms with Crippen molar-refractivity contribution in [1.29, 1.82) is 0 Å². The first-order chi connectivity index (χ1) is 11.3. The first-order valence-electron chi connectivity index (χ1n) is 8.33. The van der Waals surface area contributed by atoms with Crippen LogP contribution in [0.5, 0.6) is 0 Å². The maximum atomic E-state index is 13.0. The predicted octanol–water partition coefficient (Wildman–Crippen LogP) is 3.94. The highest BCUT2D eigenvalue weighted by Crippen LogP contribution is 2.27. The molecule has 0 N–H and O–H groups in total. The van der Waals surface area contributed by atoms with Crippen molar-refractivity contribution in [2.24, 2.45) is 0 Å². The Kier molecular flexibility index (Phi) is 3.78. The average Bonchev–Trinajstić information content (AvgIpc) is 2.62. The van der Waals surface area contributed by atoms with E-state index in [4.69, 9.17) is 0 Å². The van der Waals surface area contributed by atoms with Gasteiger partial charge >= 0.3 is 0 Å². The van der Waals surface area contributed by atoms with Crippen LogP contribution < -0.4 is 4.90 Å². The van der Waals surface area contributed by atoms with Gasteiger partial charge in [-0.2, -0.15) is 0 Å². The molecule has 2 nitrogen and oxygen atoms in total. The van der Waals surface area contributed by atoms with Crippen LogP contribution in [0.25, 0.3) is 6.08 Å². The van der Waals surface area contributed by atoms with E-state index in [0.29, 0.717) is 0 Å². The molecular formula is C20H21FN2. The van der Waals surface area contributed by atoms with Gasteiger partial charge in [-0.3, -0.25) is 0 Å². The van der Waals surface area contributed by atoms with Crippen molar-refractivity contribution in [1.82, 2.24) is 4.90 Å². The minimum Gasteiger partial charge on any atom is -0.371 e. The number of fused-ring (bicyclic) bond motifs is 1. The van der Waals surface area contributed by atoms with Gasteiger partial charge in [0.2, 0.25) is 0 Å². The molecule has 0 atom stereocenters. The third-order valence-corrected chi connectivity index (χ3v) is 4.91. The molecule has 0 saturated carbocycles. The van der Waals surface area contributed by atoms with Crippen LogP contribution in [-0.2, 0) is 6.42 Å². The molecule has 1 aliphatic heterocycles. The van der Waals surface area contributed by atoms with E-state index in [9.17, 15) is 4.39 Å². The third-order valence-electron chi connectivity index (χ3n) is 4.91. The smallest absolute Gasteiger partial charge is 0.123 e. The molecule has 23 heavy (non-hydrogen) atoms. The van der Waals surface area contributed by atoms with E-state index in [1.807, 2.05) is 12.1 Å². The number of hydrogen-bond donors (Lipinski definition) is 0. The highest BCUT2D eigenvalue weighted by atomic mass is 19.1. The van der Waals surface area contributed by atoms with E-state index in [1.54, 1.807) is 12.1 Å². The average molecular weight is 308 g/mol. The van der Waals surface area contributed by atoms with Crippen molar-refractivity contribution < 1.29 is 4.39 Å². The van der Waals surface area contributed by atoms with Crippen LogP contribution in [-0.4, -0.2) is 31.1 Å². The number of hydrogen-bond acceptors (Lipinski definition) is 2. The van der Waals surface area contributed by atoms with Gasteiger partial charge in [0.1, 0.15) is 5.82 Å². The van der Waals surface area contributed by atoms with Crippen molar-refractivity contribution in [3.05, 3.63) is 71.2 Å². The van der Waals surface area contributed by atoms with Crippen LogP contribution in [0.1, 0.15) is 17.5 Å². The van der Waals surface area contributed by atoms with Gasteiger partial charge in [-0.05, 0) is 54.3 Å². The molecule has 2 aromatic carbocycles. The predicted molar refractivity (Wildman–Crippen MR) is 92.9 cm³/mol. The van der Waals surface area contributed by atoms with Crippen LogP contribution in [0.2, 0.25) is 0 Å². The second-order valence-electron chi connectivity index (χ2n) is 6.29. The monoisotopic (exact) mass is 308 g/mol. The highest BCUT2D eigenvalue weighted by molar-refractivity contribution is 5.59. The van der Waals surface area contributed by atoms with Crippen molar-refractivity contribution in [2.75, 3.05) is 31.1 Å². The second kappa shape index (κ2) is 6.07. The number of allylic oxidation sites excluding steroid dienone is 1. The Balaban J connectivity index is 1.44. The summed E-state index contributed by atoms with van der Waals surface area (Å²) >= 11 is 0. The molecule has 1 fully saturated rings. The Bertz CT molecular complexity index is 713. The zero-order valence-corrected chi connectivity index (χ0v) is 13.2. The summed E-state index contributed by atoms with van der Waals surface area (Å²) in [6.07, 6.45) is 4.63. The Morgan fingerprint density at radius 1 is 0.739 bits per heavy atom. The third kappa shape index (κ3) is 2.96. The summed E-state index contributed by atoms with van der Waals surface area (Å²) in [5.74, 6) is -0.168. The molecule has 1 saturated heterocycles. The molecule has 0 spiro atoms. The molecule has 0 radical (unpaired) electrons. The quantitative estimate of drug-likeness (QED) is 0.829. The minimum absolute atomic E-state index is 0.168. The molecule has 0 aromatic heterocycles. The van der Waals surface area contributed by atoms with Gasteiger partial charge < -0.3 is 9.80 Å². The van der Waals surface area contributed by atoms with Gasteiger partial charge in [0, 0.05) is 37.6 Å². The van der Waals surface area contributed by atoms with E-state index in [-0.39, 0.29) is 5.82 Å². The van der Waals surface area contributed by atoms with Crippen LogP contribution in [0.4, 0.5) is 10.1 Å². The minimum atomic E-state index is -0.168. The van der Waals surface area contributed by atoms with E-state index < -0.39 is 0 Å². The van der Waals surface area contributed by atoms with Crippen LogP contribution >= 0.6 is 0 Å². The van der Waals surface area contributed by atoms with Crippen LogP contribution in [0.3, 0.4) is 0 Å². The number of benzene rings is 2. The largest absolute Gasteiger partial charge is 0.371 e. The number of rotatable bonds is 2. The van der Waals surface area contributed by atoms with Crippen LogP contribution in [0, 0.1) is 5.82 Å². The number of nitrogens with zero attached hydrogens (tertiary/aromatic N) is 2. The Morgan fingerprint density at radius 2 is 1.43 bits per heavy atom. The zero-order chi connectivity index (χ0) is 15.6. The summed E-state index contributed by atoms with van der Waals surface area (Å²) in [7, 11) is 0. The van der Waals surface area contributed by atoms with Gasteiger partial charge in [0.05, 0.1) is 0 Å². The van der Waals surface area contributed by atoms with Crippen molar-refractivity contribution in [3.8, 4) is 0 Å².